The highest BCUT2D eigenvalue weighted by atomic mass is 19.4. The lowest BCUT2D eigenvalue weighted by molar-refractivity contribution is -0.152. The highest BCUT2D eigenvalue weighted by Gasteiger charge is 2.48. The van der Waals surface area contributed by atoms with Crippen LogP contribution in [-0.2, 0) is 11.3 Å². The zero-order valence-electron chi connectivity index (χ0n) is 18.6. The van der Waals surface area contributed by atoms with Crippen molar-refractivity contribution < 1.29 is 31.8 Å². The fourth-order valence-electron chi connectivity index (χ4n) is 4.83. The second-order valence-electron chi connectivity index (χ2n) is 8.72. The zero-order chi connectivity index (χ0) is 24.7. The van der Waals surface area contributed by atoms with Gasteiger partial charge < -0.3 is 19.3 Å². The molecule has 13 heteroatoms. The summed E-state index contributed by atoms with van der Waals surface area (Å²) >= 11 is 0. The van der Waals surface area contributed by atoms with E-state index in [1.54, 1.807) is 0 Å². The van der Waals surface area contributed by atoms with E-state index in [4.69, 9.17) is 9.47 Å². The minimum Gasteiger partial charge on any atom is -0.475 e. The number of pyridine rings is 1. The summed E-state index contributed by atoms with van der Waals surface area (Å²) in [5, 5.41) is 0. The Kier molecular flexibility index (Phi) is 6.11. The maximum atomic E-state index is 14.0. The Hall–Kier alpha value is -3.22. The van der Waals surface area contributed by atoms with Crippen LogP contribution in [0.25, 0.3) is 0 Å². The van der Waals surface area contributed by atoms with E-state index >= 15 is 0 Å². The van der Waals surface area contributed by atoms with Gasteiger partial charge in [0.15, 0.2) is 5.78 Å². The van der Waals surface area contributed by atoms with Gasteiger partial charge in [-0.1, -0.05) is 0 Å². The highest BCUT2D eigenvalue weighted by Crippen LogP contribution is 2.36. The molecule has 9 nitrogen and oxygen atoms in total. The molecule has 0 spiro atoms. The van der Waals surface area contributed by atoms with Gasteiger partial charge in [0.1, 0.15) is 25.1 Å². The van der Waals surface area contributed by atoms with Crippen molar-refractivity contribution in [2.24, 2.45) is 0 Å². The molecular weight excluding hydrogens is 474 g/mol. The molecule has 188 valence electrons. The molecule has 3 aliphatic rings. The summed E-state index contributed by atoms with van der Waals surface area (Å²) in [5.41, 5.74) is -0.411. The lowest BCUT2D eigenvalue weighted by Gasteiger charge is -2.39. The monoisotopic (exact) mass is 497 g/mol. The van der Waals surface area contributed by atoms with E-state index in [0.717, 1.165) is 11.3 Å². The lowest BCUT2D eigenvalue weighted by atomic mass is 10.1. The highest BCUT2D eigenvalue weighted by molar-refractivity contribution is 5.99. The second-order valence-corrected chi connectivity index (χ2v) is 8.72. The van der Waals surface area contributed by atoms with E-state index in [9.17, 15) is 27.2 Å². The van der Waals surface area contributed by atoms with Crippen LogP contribution in [0.15, 0.2) is 29.2 Å². The van der Waals surface area contributed by atoms with Crippen molar-refractivity contribution in [1.82, 2.24) is 14.5 Å². The predicted molar refractivity (Wildman–Crippen MR) is 116 cm³/mol. The van der Waals surface area contributed by atoms with E-state index in [2.05, 4.69) is 9.97 Å². The van der Waals surface area contributed by atoms with Crippen LogP contribution in [0, 0.1) is 0 Å². The van der Waals surface area contributed by atoms with Crippen molar-refractivity contribution in [3.8, 4) is 5.88 Å². The van der Waals surface area contributed by atoms with Gasteiger partial charge in [-0.15, -0.1) is 0 Å². The molecule has 0 amide bonds. The summed E-state index contributed by atoms with van der Waals surface area (Å²) in [6.45, 7) is -0.752. The van der Waals surface area contributed by atoms with Crippen LogP contribution >= 0.6 is 0 Å². The van der Waals surface area contributed by atoms with Gasteiger partial charge in [-0.2, -0.15) is 18.2 Å². The SMILES string of the molecule is O=C(CN1c2nc(N3CC4CC3CO4)cc(=O)n2CC[C@H]1C(F)(F)F)c1ccc(OCCF)nc1. The number of aromatic nitrogens is 3. The fraction of sp³-hybridized carbons (Fsp3) is 0.545. The van der Waals surface area contributed by atoms with Crippen molar-refractivity contribution in [2.75, 3.05) is 42.8 Å². The first-order chi connectivity index (χ1) is 16.7. The van der Waals surface area contributed by atoms with Crippen LogP contribution < -0.4 is 20.1 Å². The van der Waals surface area contributed by atoms with Gasteiger partial charge in [-0.05, 0) is 18.9 Å². The molecule has 0 saturated carbocycles. The molecular formula is C22H23F4N5O4. The summed E-state index contributed by atoms with van der Waals surface area (Å²) in [7, 11) is 0. The van der Waals surface area contributed by atoms with Gasteiger partial charge in [-0.3, -0.25) is 14.2 Å². The molecule has 2 bridgehead atoms. The van der Waals surface area contributed by atoms with Gasteiger partial charge in [0.25, 0.3) is 5.56 Å². The fourth-order valence-corrected chi connectivity index (χ4v) is 4.83. The minimum absolute atomic E-state index is 0.00514. The number of hydrogen-bond donors (Lipinski definition) is 0. The molecule has 2 fully saturated rings. The normalized spacial score (nSPS) is 23.5. The summed E-state index contributed by atoms with van der Waals surface area (Å²) in [6, 6.07) is 2.06. The first-order valence-electron chi connectivity index (χ1n) is 11.3. The number of nitrogens with zero attached hydrogens (tertiary/aromatic N) is 5. The van der Waals surface area contributed by atoms with Crippen LogP contribution in [0.4, 0.5) is 29.3 Å². The molecule has 0 radical (unpaired) electrons. The number of hydrogen-bond acceptors (Lipinski definition) is 8. The van der Waals surface area contributed by atoms with Crippen LogP contribution in [-0.4, -0.2) is 77.7 Å². The maximum Gasteiger partial charge on any atom is 0.408 e. The number of ether oxygens (including phenoxy) is 2. The van der Waals surface area contributed by atoms with Crippen LogP contribution in [0.1, 0.15) is 23.2 Å². The summed E-state index contributed by atoms with van der Waals surface area (Å²) in [5.74, 6) is -0.440. The second kappa shape index (κ2) is 9.10. The quantitative estimate of drug-likeness (QED) is 0.424. The first-order valence-corrected chi connectivity index (χ1v) is 11.3. The Balaban J connectivity index is 1.46. The molecule has 0 N–H and O–H groups in total. The Bertz CT molecular complexity index is 1160. The van der Waals surface area contributed by atoms with Crippen molar-refractivity contribution in [2.45, 2.75) is 43.8 Å². The lowest BCUT2D eigenvalue weighted by Crippen LogP contribution is -2.54. The van der Waals surface area contributed by atoms with E-state index in [1.807, 2.05) is 4.90 Å². The Morgan fingerprint density at radius 1 is 1.29 bits per heavy atom. The molecule has 5 rings (SSSR count). The molecule has 2 unspecified atom stereocenters. The Labute approximate surface area is 197 Å². The minimum atomic E-state index is -4.64. The molecule has 3 aliphatic heterocycles. The number of Topliss-reactive ketones (excluding diaryl/α,β-unsaturated/α-hetero) is 1. The number of carbonyl (C=O) groups excluding carboxylic acids is 1. The largest absolute Gasteiger partial charge is 0.475 e. The molecule has 2 aromatic heterocycles. The Morgan fingerprint density at radius 3 is 2.74 bits per heavy atom. The number of carbonyl (C=O) groups is 1. The molecule has 2 saturated heterocycles. The summed E-state index contributed by atoms with van der Waals surface area (Å²) in [4.78, 5) is 36.9. The molecule has 3 atom stereocenters. The predicted octanol–water partition coefficient (Wildman–Crippen LogP) is 1.99. The van der Waals surface area contributed by atoms with E-state index in [1.165, 1.54) is 29.0 Å². The molecule has 35 heavy (non-hydrogen) atoms. The average molecular weight is 497 g/mol. The van der Waals surface area contributed by atoms with Gasteiger partial charge >= 0.3 is 6.18 Å². The topological polar surface area (TPSA) is 89.8 Å². The zero-order valence-corrected chi connectivity index (χ0v) is 18.6. The standard InChI is InChI=1S/C22H23F4N5O4/c23-4-6-34-19-2-1-13(9-27-19)16(32)11-31-17(22(24,25)26)3-5-29-20(33)8-18(28-21(29)31)30-10-15-7-14(30)12-35-15/h1-2,8-9,14-15,17H,3-7,10-12H2/t14?,15?,17-/m0/s1. The van der Waals surface area contributed by atoms with Gasteiger partial charge in [0.05, 0.1) is 25.3 Å². The maximum absolute atomic E-state index is 14.0. The molecule has 2 aromatic rings. The molecule has 0 aliphatic carbocycles. The van der Waals surface area contributed by atoms with Gasteiger partial charge in [0.2, 0.25) is 11.8 Å². The number of alkyl halides is 4. The third kappa shape index (κ3) is 4.56. The summed E-state index contributed by atoms with van der Waals surface area (Å²) < 4.78 is 66.0. The number of morpholine rings is 1. The Morgan fingerprint density at radius 2 is 2.11 bits per heavy atom. The van der Waals surface area contributed by atoms with Crippen molar-refractivity contribution in [1.29, 1.82) is 0 Å². The van der Waals surface area contributed by atoms with E-state index in [0.29, 0.717) is 13.2 Å². The average Bonchev–Trinajstić information content (AvgIpc) is 3.46. The molecule has 0 aromatic carbocycles. The van der Waals surface area contributed by atoms with Crippen molar-refractivity contribution in [3.05, 3.63) is 40.3 Å². The number of anilines is 2. The number of halogens is 4. The number of ketones is 1. The third-order valence-corrected chi connectivity index (χ3v) is 6.51. The first kappa shape index (κ1) is 23.5. The van der Waals surface area contributed by atoms with Gasteiger partial charge in [-0.25, -0.2) is 9.37 Å². The number of fused-ring (bicyclic) bond motifs is 3. The van der Waals surface area contributed by atoms with Crippen LogP contribution in [0.2, 0.25) is 0 Å². The van der Waals surface area contributed by atoms with Crippen molar-refractivity contribution >= 4 is 17.5 Å². The van der Waals surface area contributed by atoms with Crippen LogP contribution in [0.5, 0.6) is 5.88 Å². The van der Waals surface area contributed by atoms with E-state index < -0.39 is 36.8 Å². The number of rotatable bonds is 7. The van der Waals surface area contributed by atoms with Crippen LogP contribution in [0.3, 0.4) is 0 Å². The van der Waals surface area contributed by atoms with E-state index in [-0.39, 0.29) is 54.9 Å². The summed E-state index contributed by atoms with van der Waals surface area (Å²) in [6.07, 6.45) is -3.08. The van der Waals surface area contributed by atoms with Gasteiger partial charge in [0, 0.05) is 37.0 Å². The smallest absolute Gasteiger partial charge is 0.408 e. The molecule has 5 heterocycles. The third-order valence-electron chi connectivity index (χ3n) is 6.51. The van der Waals surface area contributed by atoms with Crippen molar-refractivity contribution in [3.63, 3.8) is 0 Å².